The van der Waals surface area contributed by atoms with Crippen LogP contribution >= 0.6 is 11.8 Å². The van der Waals surface area contributed by atoms with E-state index in [2.05, 4.69) is 32.0 Å². The number of rotatable bonds is 4. The molecule has 0 bridgehead atoms. The van der Waals surface area contributed by atoms with Crippen LogP contribution in [0, 0.1) is 19.8 Å². The number of thioether (sulfide) groups is 1. The monoisotopic (exact) mass is 320 g/mol. The molecule has 1 saturated heterocycles. The SMILES string of the molecule is Cc1ccc(C)c(SC(C)C(=O)N2CCCC(C(N)=O)C2)c1. The van der Waals surface area contributed by atoms with Crippen LogP contribution in [0.15, 0.2) is 23.1 Å². The van der Waals surface area contributed by atoms with Gasteiger partial charge in [-0.1, -0.05) is 17.7 Å². The third-order valence-corrected chi connectivity index (χ3v) is 5.38. The summed E-state index contributed by atoms with van der Waals surface area (Å²) >= 11 is 1.59. The molecule has 2 amide bonds. The van der Waals surface area contributed by atoms with E-state index in [-0.39, 0.29) is 23.0 Å². The highest BCUT2D eigenvalue weighted by Crippen LogP contribution is 2.29. The molecule has 5 heteroatoms. The summed E-state index contributed by atoms with van der Waals surface area (Å²) in [6, 6.07) is 6.28. The molecule has 2 unspecified atom stereocenters. The van der Waals surface area contributed by atoms with Gasteiger partial charge in [-0.2, -0.15) is 0 Å². The smallest absolute Gasteiger partial charge is 0.235 e. The molecular formula is C17H24N2O2S. The Morgan fingerprint density at radius 3 is 2.77 bits per heavy atom. The zero-order valence-corrected chi connectivity index (χ0v) is 14.3. The summed E-state index contributed by atoms with van der Waals surface area (Å²) in [5, 5.41) is -0.160. The minimum atomic E-state index is -0.299. The fraction of sp³-hybridized carbons (Fsp3) is 0.529. The molecule has 0 aromatic heterocycles. The first kappa shape index (κ1) is 16.9. The van der Waals surface area contributed by atoms with Crippen molar-refractivity contribution in [3.05, 3.63) is 29.3 Å². The molecule has 1 fully saturated rings. The molecule has 0 saturated carbocycles. The average Bonchev–Trinajstić information content (AvgIpc) is 2.50. The molecule has 2 rings (SSSR count). The van der Waals surface area contributed by atoms with E-state index < -0.39 is 0 Å². The number of piperidine rings is 1. The van der Waals surface area contributed by atoms with Crippen molar-refractivity contribution in [3.8, 4) is 0 Å². The summed E-state index contributed by atoms with van der Waals surface area (Å²) in [4.78, 5) is 26.9. The van der Waals surface area contributed by atoms with E-state index in [9.17, 15) is 9.59 Å². The maximum Gasteiger partial charge on any atom is 0.235 e. The van der Waals surface area contributed by atoms with E-state index in [1.807, 2.05) is 6.92 Å². The Morgan fingerprint density at radius 2 is 2.09 bits per heavy atom. The number of carbonyl (C=O) groups excluding carboxylic acids is 2. The quantitative estimate of drug-likeness (QED) is 0.867. The molecule has 1 aromatic carbocycles. The van der Waals surface area contributed by atoms with Crippen LogP contribution in [0.3, 0.4) is 0 Å². The van der Waals surface area contributed by atoms with E-state index >= 15 is 0 Å². The second-order valence-corrected chi connectivity index (χ2v) is 7.44. The van der Waals surface area contributed by atoms with Crippen molar-refractivity contribution in [2.24, 2.45) is 11.7 Å². The van der Waals surface area contributed by atoms with Crippen LogP contribution in [0.25, 0.3) is 0 Å². The van der Waals surface area contributed by atoms with Crippen LogP contribution < -0.4 is 5.73 Å². The minimum absolute atomic E-state index is 0.0943. The highest BCUT2D eigenvalue weighted by molar-refractivity contribution is 8.00. The Balaban J connectivity index is 2.02. The van der Waals surface area contributed by atoms with Crippen LogP contribution in [-0.4, -0.2) is 35.1 Å². The van der Waals surface area contributed by atoms with Crippen molar-refractivity contribution in [2.75, 3.05) is 13.1 Å². The van der Waals surface area contributed by atoms with Gasteiger partial charge in [0.2, 0.25) is 11.8 Å². The number of nitrogens with zero attached hydrogens (tertiary/aromatic N) is 1. The highest BCUT2D eigenvalue weighted by Gasteiger charge is 2.29. The summed E-state index contributed by atoms with van der Waals surface area (Å²) in [5.41, 5.74) is 7.76. The lowest BCUT2D eigenvalue weighted by molar-refractivity contribution is -0.134. The second kappa shape index (κ2) is 7.18. The van der Waals surface area contributed by atoms with Gasteiger partial charge in [0, 0.05) is 18.0 Å². The first-order valence-corrected chi connectivity index (χ1v) is 8.58. The number of hydrogen-bond acceptors (Lipinski definition) is 3. The number of hydrogen-bond donors (Lipinski definition) is 1. The molecule has 1 aliphatic rings. The number of nitrogens with two attached hydrogens (primary N) is 1. The van der Waals surface area contributed by atoms with Crippen LogP contribution in [0.5, 0.6) is 0 Å². The Labute approximate surface area is 136 Å². The van der Waals surface area contributed by atoms with Crippen molar-refractivity contribution in [3.63, 3.8) is 0 Å². The molecule has 22 heavy (non-hydrogen) atoms. The largest absolute Gasteiger partial charge is 0.369 e. The summed E-state index contributed by atoms with van der Waals surface area (Å²) < 4.78 is 0. The predicted octanol–water partition coefficient (Wildman–Crippen LogP) is 2.51. The number of primary amides is 1. The summed E-state index contributed by atoms with van der Waals surface area (Å²) in [6.07, 6.45) is 1.64. The second-order valence-electron chi connectivity index (χ2n) is 6.05. The van der Waals surface area contributed by atoms with Gasteiger partial charge in [0.1, 0.15) is 0 Å². The first-order valence-electron chi connectivity index (χ1n) is 7.70. The van der Waals surface area contributed by atoms with E-state index in [4.69, 9.17) is 5.73 Å². The van der Waals surface area contributed by atoms with Gasteiger partial charge in [-0.15, -0.1) is 11.8 Å². The molecular weight excluding hydrogens is 296 g/mol. The van der Waals surface area contributed by atoms with Gasteiger partial charge >= 0.3 is 0 Å². The van der Waals surface area contributed by atoms with Gasteiger partial charge in [-0.05, 0) is 45.2 Å². The van der Waals surface area contributed by atoms with E-state index in [0.29, 0.717) is 6.54 Å². The molecule has 0 radical (unpaired) electrons. The minimum Gasteiger partial charge on any atom is -0.369 e. The summed E-state index contributed by atoms with van der Waals surface area (Å²) in [6.45, 7) is 7.23. The molecule has 4 nitrogen and oxygen atoms in total. The number of aryl methyl sites for hydroxylation is 2. The number of benzene rings is 1. The van der Waals surface area contributed by atoms with Gasteiger partial charge in [-0.3, -0.25) is 9.59 Å². The molecule has 0 spiro atoms. The van der Waals surface area contributed by atoms with Crippen molar-refractivity contribution >= 4 is 23.6 Å². The molecule has 0 aliphatic carbocycles. The standard InChI is InChI=1S/C17H24N2O2S/c1-11-6-7-12(2)15(9-11)22-13(3)17(21)19-8-4-5-14(10-19)16(18)20/h6-7,9,13-14H,4-5,8,10H2,1-3H3,(H2,18,20). The maximum atomic E-state index is 12.6. The third kappa shape index (κ3) is 4.03. The molecule has 2 atom stereocenters. The molecule has 120 valence electrons. The van der Waals surface area contributed by atoms with Crippen LogP contribution in [-0.2, 0) is 9.59 Å². The van der Waals surface area contributed by atoms with Crippen molar-refractivity contribution in [2.45, 2.75) is 43.8 Å². The van der Waals surface area contributed by atoms with Crippen molar-refractivity contribution < 1.29 is 9.59 Å². The zero-order chi connectivity index (χ0) is 16.3. The normalized spacial score (nSPS) is 19.8. The topological polar surface area (TPSA) is 63.4 Å². The van der Waals surface area contributed by atoms with E-state index in [0.717, 1.165) is 24.3 Å². The van der Waals surface area contributed by atoms with Crippen LogP contribution in [0.2, 0.25) is 0 Å². The summed E-state index contributed by atoms with van der Waals surface area (Å²) in [7, 11) is 0. The van der Waals surface area contributed by atoms with Crippen molar-refractivity contribution in [1.29, 1.82) is 0 Å². The van der Waals surface area contributed by atoms with Crippen LogP contribution in [0.4, 0.5) is 0 Å². The third-order valence-electron chi connectivity index (χ3n) is 4.13. The molecule has 1 aliphatic heterocycles. The Kier molecular flexibility index (Phi) is 5.51. The van der Waals surface area contributed by atoms with Gasteiger partial charge < -0.3 is 10.6 Å². The molecule has 1 heterocycles. The Bertz CT molecular complexity index is 574. The number of amides is 2. The summed E-state index contributed by atoms with van der Waals surface area (Å²) in [5.74, 6) is -0.403. The lowest BCUT2D eigenvalue weighted by Gasteiger charge is -2.33. The van der Waals surface area contributed by atoms with Crippen molar-refractivity contribution in [1.82, 2.24) is 4.90 Å². The number of likely N-dealkylation sites (tertiary alicyclic amines) is 1. The van der Waals surface area contributed by atoms with Gasteiger partial charge in [0.25, 0.3) is 0 Å². The molecule has 2 N–H and O–H groups in total. The zero-order valence-electron chi connectivity index (χ0n) is 13.5. The lowest BCUT2D eigenvalue weighted by Crippen LogP contribution is -2.46. The van der Waals surface area contributed by atoms with Gasteiger partial charge in [-0.25, -0.2) is 0 Å². The molecule has 1 aromatic rings. The van der Waals surface area contributed by atoms with Crippen LogP contribution in [0.1, 0.15) is 30.9 Å². The lowest BCUT2D eigenvalue weighted by atomic mass is 9.97. The maximum absolute atomic E-state index is 12.6. The Morgan fingerprint density at radius 1 is 1.36 bits per heavy atom. The van der Waals surface area contributed by atoms with Gasteiger partial charge in [0.05, 0.1) is 11.2 Å². The van der Waals surface area contributed by atoms with Gasteiger partial charge in [0.15, 0.2) is 0 Å². The fourth-order valence-electron chi connectivity index (χ4n) is 2.74. The fourth-order valence-corrected chi connectivity index (χ4v) is 3.88. The highest BCUT2D eigenvalue weighted by atomic mass is 32.2. The number of carbonyl (C=O) groups is 2. The van der Waals surface area contributed by atoms with E-state index in [1.54, 1.807) is 16.7 Å². The Hall–Kier alpha value is -1.49. The average molecular weight is 320 g/mol. The predicted molar refractivity (Wildman–Crippen MR) is 89.7 cm³/mol. The van der Waals surface area contributed by atoms with E-state index in [1.165, 1.54) is 11.1 Å². The first-order chi connectivity index (χ1) is 10.4.